The summed E-state index contributed by atoms with van der Waals surface area (Å²) < 4.78 is 4.95. The summed E-state index contributed by atoms with van der Waals surface area (Å²) in [6, 6.07) is 7.32. The lowest BCUT2D eigenvalue weighted by molar-refractivity contribution is -0.142. The SMILES string of the molecule is CCOC(=O)Cc1ccccc1N1CC(CO)CC1=O. The summed E-state index contributed by atoms with van der Waals surface area (Å²) in [5, 5.41) is 9.18. The van der Waals surface area contributed by atoms with Crippen LogP contribution in [0.3, 0.4) is 0 Å². The molecule has 1 aromatic carbocycles. The summed E-state index contributed by atoms with van der Waals surface area (Å²) in [4.78, 5) is 25.3. The lowest BCUT2D eigenvalue weighted by Gasteiger charge is -2.20. The predicted molar refractivity (Wildman–Crippen MR) is 74.3 cm³/mol. The molecular formula is C15H19NO4. The van der Waals surface area contributed by atoms with Crippen LogP contribution >= 0.6 is 0 Å². The van der Waals surface area contributed by atoms with Crippen molar-refractivity contribution in [2.45, 2.75) is 19.8 Å². The van der Waals surface area contributed by atoms with Gasteiger partial charge in [0, 0.05) is 31.2 Å². The van der Waals surface area contributed by atoms with E-state index in [9.17, 15) is 14.7 Å². The number of ether oxygens (including phenoxy) is 1. The van der Waals surface area contributed by atoms with E-state index in [1.165, 1.54) is 0 Å². The van der Waals surface area contributed by atoms with Gasteiger partial charge in [0.15, 0.2) is 0 Å². The van der Waals surface area contributed by atoms with Gasteiger partial charge in [0.2, 0.25) is 5.91 Å². The highest BCUT2D eigenvalue weighted by molar-refractivity contribution is 5.97. The van der Waals surface area contributed by atoms with Crippen LogP contribution in [-0.2, 0) is 20.7 Å². The van der Waals surface area contributed by atoms with Gasteiger partial charge in [-0.2, -0.15) is 0 Å². The second-order valence-corrected chi connectivity index (χ2v) is 4.87. The van der Waals surface area contributed by atoms with Gasteiger partial charge in [-0.25, -0.2) is 0 Å². The van der Waals surface area contributed by atoms with E-state index in [0.717, 1.165) is 11.3 Å². The smallest absolute Gasteiger partial charge is 0.310 e. The molecule has 1 heterocycles. The van der Waals surface area contributed by atoms with Crippen LogP contribution in [0.2, 0.25) is 0 Å². The predicted octanol–water partition coefficient (Wildman–Crippen LogP) is 1.14. The van der Waals surface area contributed by atoms with Gasteiger partial charge in [-0.3, -0.25) is 9.59 Å². The Morgan fingerprint density at radius 2 is 2.20 bits per heavy atom. The number of hydrogen-bond donors (Lipinski definition) is 1. The van der Waals surface area contributed by atoms with Crippen LogP contribution in [0.25, 0.3) is 0 Å². The molecule has 0 spiro atoms. The van der Waals surface area contributed by atoms with Gasteiger partial charge >= 0.3 is 5.97 Å². The van der Waals surface area contributed by atoms with Gasteiger partial charge in [0.05, 0.1) is 13.0 Å². The highest BCUT2D eigenvalue weighted by Gasteiger charge is 2.31. The maximum absolute atomic E-state index is 12.0. The molecule has 20 heavy (non-hydrogen) atoms. The molecule has 5 nitrogen and oxygen atoms in total. The Balaban J connectivity index is 2.19. The molecule has 1 fully saturated rings. The minimum atomic E-state index is -0.301. The summed E-state index contributed by atoms with van der Waals surface area (Å²) in [5.41, 5.74) is 1.51. The van der Waals surface area contributed by atoms with Crippen molar-refractivity contribution in [1.29, 1.82) is 0 Å². The van der Waals surface area contributed by atoms with Crippen LogP contribution in [0.4, 0.5) is 5.69 Å². The fourth-order valence-corrected chi connectivity index (χ4v) is 2.43. The molecule has 0 aromatic heterocycles. The molecule has 1 unspecified atom stereocenters. The number of para-hydroxylation sites is 1. The highest BCUT2D eigenvalue weighted by Crippen LogP contribution is 2.28. The van der Waals surface area contributed by atoms with E-state index in [2.05, 4.69) is 0 Å². The lowest BCUT2D eigenvalue weighted by atomic mass is 10.1. The number of nitrogens with zero attached hydrogens (tertiary/aromatic N) is 1. The summed E-state index contributed by atoms with van der Waals surface area (Å²) >= 11 is 0. The van der Waals surface area contributed by atoms with Gasteiger partial charge in [-0.05, 0) is 18.6 Å². The Hall–Kier alpha value is -1.88. The highest BCUT2D eigenvalue weighted by atomic mass is 16.5. The van der Waals surface area contributed by atoms with Gasteiger partial charge in [0.1, 0.15) is 0 Å². The number of aliphatic hydroxyl groups is 1. The Bertz CT molecular complexity index is 500. The van der Waals surface area contributed by atoms with E-state index in [4.69, 9.17) is 4.74 Å². The molecule has 1 amide bonds. The second-order valence-electron chi connectivity index (χ2n) is 4.87. The van der Waals surface area contributed by atoms with Crippen molar-refractivity contribution in [3.63, 3.8) is 0 Å². The average Bonchev–Trinajstić information content (AvgIpc) is 2.81. The topological polar surface area (TPSA) is 66.8 Å². The summed E-state index contributed by atoms with van der Waals surface area (Å²) in [7, 11) is 0. The molecule has 1 aliphatic heterocycles. The number of aliphatic hydroxyl groups excluding tert-OH is 1. The first-order valence-corrected chi connectivity index (χ1v) is 6.80. The van der Waals surface area contributed by atoms with Crippen LogP contribution < -0.4 is 4.90 Å². The van der Waals surface area contributed by atoms with Crippen molar-refractivity contribution in [3.8, 4) is 0 Å². The Labute approximate surface area is 118 Å². The minimum absolute atomic E-state index is 0.00227. The molecule has 5 heteroatoms. The van der Waals surface area contributed by atoms with Crippen LogP contribution in [-0.4, -0.2) is 36.7 Å². The van der Waals surface area contributed by atoms with E-state index in [-0.39, 0.29) is 30.8 Å². The number of amides is 1. The van der Waals surface area contributed by atoms with E-state index in [1.807, 2.05) is 24.3 Å². The third-order valence-electron chi connectivity index (χ3n) is 3.39. The van der Waals surface area contributed by atoms with Crippen LogP contribution in [0.15, 0.2) is 24.3 Å². The third kappa shape index (κ3) is 3.17. The molecule has 108 valence electrons. The average molecular weight is 277 g/mol. The first kappa shape index (κ1) is 14.5. The van der Waals surface area contributed by atoms with Gasteiger partial charge in [0.25, 0.3) is 0 Å². The van der Waals surface area contributed by atoms with Crippen molar-refractivity contribution in [1.82, 2.24) is 0 Å². The summed E-state index contributed by atoms with van der Waals surface area (Å²) in [5.74, 6) is -0.344. The first-order chi connectivity index (χ1) is 9.65. The normalized spacial score (nSPS) is 18.4. The third-order valence-corrected chi connectivity index (χ3v) is 3.39. The molecule has 1 aliphatic rings. The van der Waals surface area contributed by atoms with Crippen LogP contribution in [0, 0.1) is 5.92 Å². The number of carbonyl (C=O) groups excluding carboxylic acids is 2. The number of hydrogen-bond acceptors (Lipinski definition) is 4. The Kier molecular flexibility index (Phi) is 4.74. The number of anilines is 1. The van der Waals surface area contributed by atoms with Crippen molar-refractivity contribution in [2.75, 3.05) is 24.7 Å². The number of benzene rings is 1. The van der Waals surface area contributed by atoms with E-state index < -0.39 is 0 Å². The molecule has 2 rings (SSSR count). The second kappa shape index (κ2) is 6.52. The van der Waals surface area contributed by atoms with Crippen LogP contribution in [0.5, 0.6) is 0 Å². The number of rotatable bonds is 5. The summed E-state index contributed by atoms with van der Waals surface area (Å²) in [6.45, 7) is 2.60. The molecule has 1 N–H and O–H groups in total. The van der Waals surface area contributed by atoms with E-state index >= 15 is 0 Å². The molecule has 0 aliphatic carbocycles. The van der Waals surface area contributed by atoms with Crippen molar-refractivity contribution in [3.05, 3.63) is 29.8 Å². The zero-order valence-electron chi connectivity index (χ0n) is 11.5. The van der Waals surface area contributed by atoms with E-state index in [1.54, 1.807) is 11.8 Å². The first-order valence-electron chi connectivity index (χ1n) is 6.80. The quantitative estimate of drug-likeness (QED) is 0.820. The van der Waals surface area contributed by atoms with Crippen molar-refractivity contribution < 1.29 is 19.4 Å². The largest absolute Gasteiger partial charge is 0.466 e. The van der Waals surface area contributed by atoms with Crippen molar-refractivity contribution >= 4 is 17.6 Å². The summed E-state index contributed by atoms with van der Waals surface area (Å²) in [6.07, 6.45) is 0.502. The van der Waals surface area contributed by atoms with Gasteiger partial charge in [-0.15, -0.1) is 0 Å². The molecule has 1 aromatic rings. The minimum Gasteiger partial charge on any atom is -0.466 e. The monoisotopic (exact) mass is 277 g/mol. The van der Waals surface area contributed by atoms with Gasteiger partial charge < -0.3 is 14.7 Å². The molecule has 0 radical (unpaired) electrons. The van der Waals surface area contributed by atoms with Crippen LogP contribution in [0.1, 0.15) is 18.9 Å². The fourth-order valence-electron chi connectivity index (χ4n) is 2.43. The zero-order chi connectivity index (χ0) is 14.5. The number of esters is 1. The molecule has 1 saturated heterocycles. The Morgan fingerprint density at radius 1 is 1.45 bits per heavy atom. The fraction of sp³-hybridized carbons (Fsp3) is 0.467. The zero-order valence-corrected chi connectivity index (χ0v) is 11.5. The van der Waals surface area contributed by atoms with Crippen molar-refractivity contribution in [2.24, 2.45) is 5.92 Å². The van der Waals surface area contributed by atoms with Gasteiger partial charge in [-0.1, -0.05) is 18.2 Å². The molecular weight excluding hydrogens is 258 g/mol. The molecule has 0 bridgehead atoms. The molecule has 1 atom stereocenters. The Morgan fingerprint density at radius 3 is 2.85 bits per heavy atom. The lowest BCUT2D eigenvalue weighted by Crippen LogP contribution is -2.26. The maximum Gasteiger partial charge on any atom is 0.310 e. The maximum atomic E-state index is 12.0. The van der Waals surface area contributed by atoms with E-state index in [0.29, 0.717) is 19.6 Å². The standard InChI is InChI=1S/C15H19NO4/c1-2-20-15(19)8-12-5-3-4-6-13(12)16-9-11(10-17)7-14(16)18/h3-6,11,17H,2,7-10H2,1H3. The number of carbonyl (C=O) groups is 2. The molecule has 0 saturated carbocycles.